The molecular formula is C26H28O5S. The third-order valence-corrected chi connectivity index (χ3v) is 6.52. The molecule has 0 amide bonds. The van der Waals surface area contributed by atoms with Crippen molar-refractivity contribution in [2.24, 2.45) is 0 Å². The lowest BCUT2D eigenvalue weighted by atomic mass is 9.99. The van der Waals surface area contributed by atoms with Crippen LogP contribution < -0.4 is 0 Å². The van der Waals surface area contributed by atoms with Gasteiger partial charge in [-0.15, -0.1) is 0 Å². The summed E-state index contributed by atoms with van der Waals surface area (Å²) in [7, 11) is 0. The van der Waals surface area contributed by atoms with Gasteiger partial charge in [-0.05, 0) is 23.3 Å². The second kappa shape index (κ2) is 11.6. The zero-order valence-corrected chi connectivity index (χ0v) is 18.5. The van der Waals surface area contributed by atoms with Gasteiger partial charge in [0.2, 0.25) is 0 Å². The van der Waals surface area contributed by atoms with Crippen molar-refractivity contribution in [3.63, 3.8) is 0 Å². The third-order valence-electron chi connectivity index (χ3n) is 5.36. The van der Waals surface area contributed by atoms with Crippen LogP contribution in [0.5, 0.6) is 0 Å². The van der Waals surface area contributed by atoms with Crippen LogP contribution in [0.15, 0.2) is 95.9 Å². The molecule has 3 aromatic carbocycles. The predicted octanol–water partition coefficient (Wildman–Crippen LogP) is 4.03. The number of thioether (sulfide) groups is 1. The minimum Gasteiger partial charge on any atom is -0.394 e. The van der Waals surface area contributed by atoms with Crippen molar-refractivity contribution < 1.29 is 24.4 Å². The molecule has 0 unspecified atom stereocenters. The first kappa shape index (κ1) is 23.0. The number of benzene rings is 3. The van der Waals surface area contributed by atoms with Crippen molar-refractivity contribution in [1.82, 2.24) is 0 Å². The Morgan fingerprint density at radius 2 is 1.22 bits per heavy atom. The van der Waals surface area contributed by atoms with E-state index in [-0.39, 0.29) is 6.61 Å². The zero-order chi connectivity index (χ0) is 22.2. The maximum Gasteiger partial charge on any atom is 0.137 e. The number of aliphatic hydroxyl groups is 2. The van der Waals surface area contributed by atoms with Crippen molar-refractivity contribution in [3.8, 4) is 0 Å². The smallest absolute Gasteiger partial charge is 0.137 e. The molecule has 5 atom stereocenters. The van der Waals surface area contributed by atoms with E-state index in [4.69, 9.17) is 14.2 Å². The van der Waals surface area contributed by atoms with Crippen LogP contribution in [0.1, 0.15) is 11.1 Å². The van der Waals surface area contributed by atoms with Crippen LogP contribution in [0.4, 0.5) is 0 Å². The molecule has 3 aromatic rings. The molecule has 0 radical (unpaired) electrons. The minimum absolute atomic E-state index is 0.256. The topological polar surface area (TPSA) is 68.2 Å². The van der Waals surface area contributed by atoms with Crippen LogP contribution in [-0.4, -0.2) is 46.7 Å². The van der Waals surface area contributed by atoms with Gasteiger partial charge in [0.25, 0.3) is 0 Å². The molecule has 6 heteroatoms. The van der Waals surface area contributed by atoms with Crippen LogP contribution in [-0.2, 0) is 27.4 Å². The Morgan fingerprint density at radius 3 is 1.75 bits per heavy atom. The van der Waals surface area contributed by atoms with E-state index in [0.717, 1.165) is 16.0 Å². The van der Waals surface area contributed by atoms with E-state index in [0.29, 0.717) is 13.2 Å². The van der Waals surface area contributed by atoms with Crippen LogP contribution in [0.2, 0.25) is 0 Å². The molecule has 5 nitrogen and oxygen atoms in total. The first-order valence-corrected chi connectivity index (χ1v) is 11.6. The van der Waals surface area contributed by atoms with Gasteiger partial charge in [-0.1, -0.05) is 90.6 Å². The van der Waals surface area contributed by atoms with E-state index < -0.39 is 29.9 Å². The number of rotatable bonds is 9. The standard InChI is InChI=1S/C26H28O5S/c27-16-22-24(29-17-19-10-4-1-5-11-19)23(28)25(30-18-20-12-6-2-7-13-20)26(31-22)32-21-14-8-3-9-15-21/h1-15,22-28H,16-18H2/t22-,23+,24-,25-,26+/m1/s1. The number of hydrogen-bond acceptors (Lipinski definition) is 6. The van der Waals surface area contributed by atoms with Gasteiger partial charge >= 0.3 is 0 Å². The van der Waals surface area contributed by atoms with Crippen LogP contribution in [0.25, 0.3) is 0 Å². The van der Waals surface area contributed by atoms with Gasteiger partial charge in [-0.3, -0.25) is 0 Å². The summed E-state index contributed by atoms with van der Waals surface area (Å²) in [5.41, 5.74) is 1.50. The fraction of sp³-hybridized carbons (Fsp3) is 0.308. The van der Waals surface area contributed by atoms with Crippen LogP contribution >= 0.6 is 11.8 Å². The minimum atomic E-state index is -0.963. The molecule has 168 valence electrons. The van der Waals surface area contributed by atoms with E-state index in [2.05, 4.69) is 0 Å². The molecule has 0 bridgehead atoms. The predicted molar refractivity (Wildman–Crippen MR) is 124 cm³/mol. The van der Waals surface area contributed by atoms with Crippen LogP contribution in [0.3, 0.4) is 0 Å². The highest BCUT2D eigenvalue weighted by Crippen LogP contribution is 2.36. The first-order chi connectivity index (χ1) is 15.7. The Kier molecular flexibility index (Phi) is 8.34. The summed E-state index contributed by atoms with van der Waals surface area (Å²) in [5.74, 6) is 0. The van der Waals surface area contributed by atoms with Gasteiger partial charge in [-0.25, -0.2) is 0 Å². The Balaban J connectivity index is 1.51. The molecule has 0 spiro atoms. The quantitative estimate of drug-likeness (QED) is 0.511. The van der Waals surface area contributed by atoms with Crippen molar-refractivity contribution >= 4 is 11.8 Å². The largest absolute Gasteiger partial charge is 0.394 e. The average Bonchev–Trinajstić information content (AvgIpc) is 2.85. The summed E-state index contributed by atoms with van der Waals surface area (Å²) in [5, 5.41) is 21.3. The third kappa shape index (κ3) is 5.98. The number of hydrogen-bond donors (Lipinski definition) is 2. The van der Waals surface area contributed by atoms with Gasteiger partial charge in [0.15, 0.2) is 0 Å². The van der Waals surface area contributed by atoms with E-state index >= 15 is 0 Å². The number of ether oxygens (including phenoxy) is 3. The molecule has 1 aliphatic heterocycles. The molecule has 32 heavy (non-hydrogen) atoms. The Bertz CT molecular complexity index is 925. The lowest BCUT2D eigenvalue weighted by molar-refractivity contribution is -0.237. The molecule has 1 aliphatic rings. The zero-order valence-electron chi connectivity index (χ0n) is 17.7. The van der Waals surface area contributed by atoms with Crippen molar-refractivity contribution in [2.75, 3.05) is 6.61 Å². The second-order valence-electron chi connectivity index (χ2n) is 7.67. The maximum absolute atomic E-state index is 11.3. The van der Waals surface area contributed by atoms with Gasteiger partial charge in [0, 0.05) is 4.90 Å². The van der Waals surface area contributed by atoms with Gasteiger partial charge in [0.05, 0.1) is 19.8 Å². The highest BCUT2D eigenvalue weighted by atomic mass is 32.2. The molecule has 0 aromatic heterocycles. The first-order valence-electron chi connectivity index (χ1n) is 10.7. The molecule has 1 saturated heterocycles. The number of aliphatic hydroxyl groups excluding tert-OH is 2. The Labute approximate surface area is 193 Å². The monoisotopic (exact) mass is 452 g/mol. The van der Waals surface area contributed by atoms with Gasteiger partial charge < -0.3 is 24.4 Å². The fourth-order valence-electron chi connectivity index (χ4n) is 3.69. The summed E-state index contributed by atoms with van der Waals surface area (Å²) in [6.07, 6.45) is -2.97. The highest BCUT2D eigenvalue weighted by molar-refractivity contribution is 7.99. The summed E-state index contributed by atoms with van der Waals surface area (Å²) in [4.78, 5) is 0.998. The summed E-state index contributed by atoms with van der Waals surface area (Å²) in [6, 6.07) is 29.4. The molecule has 2 N–H and O–H groups in total. The van der Waals surface area contributed by atoms with E-state index in [1.165, 1.54) is 11.8 Å². The second-order valence-corrected chi connectivity index (χ2v) is 8.84. The Morgan fingerprint density at radius 1 is 0.719 bits per heavy atom. The molecule has 0 aliphatic carbocycles. The molecule has 0 saturated carbocycles. The van der Waals surface area contributed by atoms with Crippen LogP contribution in [0, 0.1) is 0 Å². The summed E-state index contributed by atoms with van der Waals surface area (Å²) >= 11 is 1.47. The van der Waals surface area contributed by atoms with Crippen molar-refractivity contribution in [2.45, 2.75) is 48.0 Å². The lowest BCUT2D eigenvalue weighted by Gasteiger charge is -2.43. The molecule has 1 fully saturated rings. The average molecular weight is 453 g/mol. The summed E-state index contributed by atoms with van der Waals surface area (Å²) < 4.78 is 18.4. The molecular weight excluding hydrogens is 424 g/mol. The lowest BCUT2D eigenvalue weighted by Crippen LogP contribution is -2.59. The Hall–Kier alpha value is -2.19. The van der Waals surface area contributed by atoms with Gasteiger partial charge in [0.1, 0.15) is 29.9 Å². The van der Waals surface area contributed by atoms with Crippen molar-refractivity contribution in [1.29, 1.82) is 0 Å². The fourth-order valence-corrected chi connectivity index (χ4v) is 4.84. The summed E-state index contributed by atoms with van der Waals surface area (Å²) in [6.45, 7) is 0.394. The van der Waals surface area contributed by atoms with E-state index in [1.54, 1.807) is 0 Å². The molecule has 1 heterocycles. The maximum atomic E-state index is 11.3. The highest BCUT2D eigenvalue weighted by Gasteiger charge is 2.46. The normalized spacial score (nSPS) is 25.5. The van der Waals surface area contributed by atoms with E-state index in [1.807, 2.05) is 91.0 Å². The molecule has 4 rings (SSSR count). The van der Waals surface area contributed by atoms with Crippen molar-refractivity contribution in [3.05, 3.63) is 102 Å². The van der Waals surface area contributed by atoms with Gasteiger partial charge in [-0.2, -0.15) is 0 Å². The SMILES string of the molecule is OC[C@H]1O[C@@H](Sc2ccccc2)[C@H](OCc2ccccc2)[C@@H](O)[C@@H]1OCc1ccccc1. The van der Waals surface area contributed by atoms with E-state index in [9.17, 15) is 10.2 Å².